The topological polar surface area (TPSA) is 82.1 Å². The van der Waals surface area contributed by atoms with Crippen LogP contribution in [0.15, 0.2) is 111 Å². The van der Waals surface area contributed by atoms with Gasteiger partial charge in [0.1, 0.15) is 19.0 Å². The van der Waals surface area contributed by atoms with E-state index in [1.807, 2.05) is 65.6 Å². The highest BCUT2D eigenvalue weighted by Gasteiger charge is 2.14. The average Bonchev–Trinajstić information content (AvgIpc) is 2.92. The first-order valence-corrected chi connectivity index (χ1v) is 10.9. The van der Waals surface area contributed by atoms with Crippen LogP contribution in [0.4, 0.5) is 17.1 Å². The number of nitrogens with zero attached hydrogens (tertiary/aromatic N) is 1. The molecule has 7 heteroatoms. The third kappa shape index (κ3) is 7.04. The minimum atomic E-state index is -0.542. The van der Waals surface area contributed by atoms with Crippen molar-refractivity contribution in [3.8, 4) is 5.75 Å². The summed E-state index contributed by atoms with van der Waals surface area (Å²) in [6, 6.07) is 22.1. The van der Waals surface area contributed by atoms with Crippen LogP contribution in [-0.4, -0.2) is 17.9 Å². The van der Waals surface area contributed by atoms with Crippen molar-refractivity contribution in [2.45, 2.75) is 13.2 Å². The van der Waals surface area contributed by atoms with E-state index in [1.165, 1.54) is 0 Å². The minimum Gasteiger partial charge on any atom is -0.458 e. The summed E-state index contributed by atoms with van der Waals surface area (Å²) in [5.74, 6) is -1.13. The molecule has 0 aliphatic carbocycles. The van der Waals surface area contributed by atoms with E-state index >= 15 is 0 Å². The van der Waals surface area contributed by atoms with Gasteiger partial charge in [0.15, 0.2) is 0 Å². The Kier molecular flexibility index (Phi) is 8.94. The molecule has 182 valence electrons. The molecular formula is C29H25NO6. The molecule has 0 aromatic heterocycles. The van der Waals surface area contributed by atoms with Crippen molar-refractivity contribution in [3.63, 3.8) is 0 Å². The summed E-state index contributed by atoms with van der Waals surface area (Å²) in [6.07, 6.45) is 3.34. The maximum atomic E-state index is 11.5. The Morgan fingerprint density at radius 2 is 0.944 bits per heavy atom. The second kappa shape index (κ2) is 12.5. The highest BCUT2D eigenvalue weighted by atomic mass is 16.5. The van der Waals surface area contributed by atoms with E-state index in [4.69, 9.17) is 14.2 Å². The normalized spacial score (nSPS) is 10.0. The lowest BCUT2D eigenvalue weighted by molar-refractivity contribution is -0.139. The molecule has 3 rings (SSSR count). The molecular weight excluding hydrogens is 458 g/mol. The Morgan fingerprint density at radius 1 is 0.583 bits per heavy atom. The summed E-state index contributed by atoms with van der Waals surface area (Å²) < 4.78 is 15.4. The zero-order valence-corrected chi connectivity index (χ0v) is 19.6. The number of hydrogen-bond donors (Lipinski definition) is 0. The van der Waals surface area contributed by atoms with Crippen LogP contribution >= 0.6 is 0 Å². The van der Waals surface area contributed by atoms with Crippen LogP contribution in [0.5, 0.6) is 5.75 Å². The Bertz CT molecular complexity index is 1180. The number of esters is 3. The van der Waals surface area contributed by atoms with E-state index in [2.05, 4.69) is 19.7 Å². The lowest BCUT2D eigenvalue weighted by atomic mass is 10.1. The summed E-state index contributed by atoms with van der Waals surface area (Å²) in [4.78, 5) is 36.2. The zero-order chi connectivity index (χ0) is 25.9. The maximum Gasteiger partial charge on any atom is 0.335 e. The fraction of sp³-hybridized carbons (Fsp3) is 0.0690. The molecule has 0 N–H and O–H groups in total. The smallest absolute Gasteiger partial charge is 0.335 e. The van der Waals surface area contributed by atoms with Gasteiger partial charge in [-0.2, -0.15) is 0 Å². The number of benzene rings is 3. The molecule has 0 atom stereocenters. The number of anilines is 3. The molecule has 0 amide bonds. The van der Waals surface area contributed by atoms with E-state index in [-0.39, 0.29) is 13.2 Å². The first-order chi connectivity index (χ1) is 17.4. The Labute approximate surface area is 209 Å². The summed E-state index contributed by atoms with van der Waals surface area (Å²) in [7, 11) is 0. The molecule has 0 spiro atoms. The van der Waals surface area contributed by atoms with Crippen molar-refractivity contribution in [1.82, 2.24) is 0 Å². The highest BCUT2D eigenvalue weighted by Crippen LogP contribution is 2.35. The maximum absolute atomic E-state index is 11.5. The van der Waals surface area contributed by atoms with Crippen LogP contribution in [0, 0.1) is 0 Å². The summed E-state index contributed by atoms with van der Waals surface area (Å²) >= 11 is 0. The van der Waals surface area contributed by atoms with Crippen LogP contribution in [0.1, 0.15) is 11.1 Å². The fourth-order valence-corrected chi connectivity index (χ4v) is 3.18. The van der Waals surface area contributed by atoms with Gasteiger partial charge in [-0.3, -0.25) is 0 Å². The molecule has 3 aromatic carbocycles. The largest absolute Gasteiger partial charge is 0.458 e. The number of hydrogen-bond acceptors (Lipinski definition) is 7. The first kappa shape index (κ1) is 25.7. The molecule has 0 heterocycles. The van der Waals surface area contributed by atoms with Gasteiger partial charge in [-0.25, -0.2) is 14.4 Å². The summed E-state index contributed by atoms with van der Waals surface area (Å²) in [5.41, 5.74) is 4.14. The molecule has 36 heavy (non-hydrogen) atoms. The predicted molar refractivity (Wildman–Crippen MR) is 137 cm³/mol. The van der Waals surface area contributed by atoms with Crippen LogP contribution < -0.4 is 9.64 Å². The van der Waals surface area contributed by atoms with Gasteiger partial charge in [0.2, 0.25) is 0 Å². The van der Waals surface area contributed by atoms with Crippen LogP contribution in [0.2, 0.25) is 0 Å². The fourth-order valence-electron chi connectivity index (χ4n) is 3.18. The van der Waals surface area contributed by atoms with Gasteiger partial charge in [-0.15, -0.1) is 0 Å². The van der Waals surface area contributed by atoms with Crippen molar-refractivity contribution in [3.05, 3.63) is 122 Å². The second-order valence-electron chi connectivity index (χ2n) is 7.41. The van der Waals surface area contributed by atoms with Crippen LogP contribution in [0.3, 0.4) is 0 Å². The number of carbonyl (C=O) groups excluding carboxylic acids is 3. The molecule has 0 bridgehead atoms. The predicted octanol–water partition coefficient (Wildman–Crippen LogP) is 5.71. The van der Waals surface area contributed by atoms with E-state index in [0.29, 0.717) is 5.75 Å². The van der Waals surface area contributed by atoms with Crippen molar-refractivity contribution in [2.24, 2.45) is 0 Å². The van der Waals surface area contributed by atoms with Gasteiger partial charge in [-0.05, 0) is 59.7 Å². The third-order valence-corrected chi connectivity index (χ3v) is 4.96. The van der Waals surface area contributed by atoms with Gasteiger partial charge in [-0.1, -0.05) is 44.0 Å². The second-order valence-corrected chi connectivity index (χ2v) is 7.41. The van der Waals surface area contributed by atoms with Gasteiger partial charge < -0.3 is 19.1 Å². The Morgan fingerprint density at radius 3 is 1.31 bits per heavy atom. The van der Waals surface area contributed by atoms with Gasteiger partial charge >= 0.3 is 17.9 Å². The summed E-state index contributed by atoms with van der Waals surface area (Å²) in [5, 5.41) is 0. The Hall–Kier alpha value is -4.91. The van der Waals surface area contributed by atoms with Crippen molar-refractivity contribution < 1.29 is 28.6 Å². The van der Waals surface area contributed by atoms with Crippen molar-refractivity contribution >= 4 is 35.0 Å². The molecule has 7 nitrogen and oxygen atoms in total. The third-order valence-electron chi connectivity index (χ3n) is 4.96. The van der Waals surface area contributed by atoms with E-state index in [0.717, 1.165) is 46.4 Å². The van der Waals surface area contributed by atoms with Crippen molar-refractivity contribution in [2.75, 3.05) is 4.90 Å². The monoisotopic (exact) mass is 483 g/mol. The van der Waals surface area contributed by atoms with Crippen LogP contribution in [-0.2, 0) is 37.1 Å². The molecule has 0 radical (unpaired) electrons. The van der Waals surface area contributed by atoms with Crippen LogP contribution in [0.25, 0.3) is 0 Å². The van der Waals surface area contributed by atoms with E-state index in [1.54, 1.807) is 12.1 Å². The first-order valence-electron chi connectivity index (χ1n) is 10.9. The molecule has 0 unspecified atom stereocenters. The lowest BCUT2D eigenvalue weighted by Crippen LogP contribution is -2.11. The molecule has 0 aliphatic heterocycles. The Balaban J connectivity index is 1.89. The van der Waals surface area contributed by atoms with Crippen molar-refractivity contribution in [1.29, 1.82) is 0 Å². The SMILES string of the molecule is C=CC(=O)OCc1ccc(N(c2ccc(COC(=O)C=C)cc2)c2ccc(OC(=O)C=C)cc2)cc1. The standard InChI is InChI=1S/C29H25NO6/c1-4-27(31)34-19-21-7-11-23(12-8-21)30(25-15-17-26(18-16-25)36-29(33)6-3)24-13-9-22(10-14-24)20-35-28(32)5-2/h4-18H,1-3,19-20H2. The molecule has 0 saturated heterocycles. The molecule has 0 aliphatic rings. The quantitative estimate of drug-likeness (QED) is 0.196. The lowest BCUT2D eigenvalue weighted by Gasteiger charge is -2.26. The minimum absolute atomic E-state index is 0.132. The van der Waals surface area contributed by atoms with Gasteiger partial charge in [0.25, 0.3) is 0 Å². The number of carbonyl (C=O) groups is 3. The van der Waals surface area contributed by atoms with E-state index in [9.17, 15) is 14.4 Å². The molecule has 0 fully saturated rings. The summed E-state index contributed by atoms with van der Waals surface area (Å²) in [6.45, 7) is 10.5. The van der Waals surface area contributed by atoms with Gasteiger partial charge in [0, 0.05) is 35.3 Å². The number of ether oxygens (including phenoxy) is 3. The number of rotatable bonds is 11. The average molecular weight is 484 g/mol. The molecule has 0 saturated carbocycles. The molecule has 3 aromatic rings. The zero-order valence-electron chi connectivity index (χ0n) is 19.6. The van der Waals surface area contributed by atoms with Gasteiger partial charge in [0.05, 0.1) is 0 Å². The van der Waals surface area contributed by atoms with E-state index < -0.39 is 17.9 Å². The highest BCUT2D eigenvalue weighted by molar-refractivity contribution is 5.84.